The van der Waals surface area contributed by atoms with E-state index in [0.717, 1.165) is 34.6 Å². The standard InChI is InChI=1S/C25H31ClN6O3/c1-25(2)14-32(12-22(33)31-7-4-16(27)5-8-31)21(13-35-25)24(34)30-19-10-15(26)9-18-17-3-6-28-11-20(17)29-23(18)19/h3,6,9-11,16,21,29H,4-5,7-8,12-14,27H2,1-2H3,(H,30,34)/t21-/m0/s1. The number of fused-ring (bicyclic) bond motifs is 3. The third kappa shape index (κ3) is 4.99. The van der Waals surface area contributed by atoms with Crippen molar-refractivity contribution >= 4 is 50.9 Å². The highest BCUT2D eigenvalue weighted by molar-refractivity contribution is 6.33. The zero-order chi connectivity index (χ0) is 24.7. The molecule has 4 heterocycles. The number of carbonyl (C=O) groups is 2. The minimum Gasteiger partial charge on any atom is -0.372 e. The maximum absolute atomic E-state index is 13.5. The summed E-state index contributed by atoms with van der Waals surface area (Å²) < 4.78 is 5.98. The van der Waals surface area contributed by atoms with Crippen LogP contribution in [0.25, 0.3) is 21.8 Å². The quantitative estimate of drug-likeness (QED) is 0.509. The van der Waals surface area contributed by atoms with Crippen LogP contribution in [-0.2, 0) is 14.3 Å². The Morgan fingerprint density at radius 3 is 2.83 bits per heavy atom. The van der Waals surface area contributed by atoms with Crippen LogP contribution in [0.4, 0.5) is 5.69 Å². The van der Waals surface area contributed by atoms with Crippen LogP contribution >= 0.6 is 11.6 Å². The highest BCUT2D eigenvalue weighted by Gasteiger charge is 2.39. The Balaban J connectivity index is 1.38. The van der Waals surface area contributed by atoms with E-state index in [2.05, 4.69) is 15.3 Å². The summed E-state index contributed by atoms with van der Waals surface area (Å²) in [5.41, 5.74) is 7.74. The van der Waals surface area contributed by atoms with E-state index < -0.39 is 11.6 Å². The van der Waals surface area contributed by atoms with Crippen LogP contribution in [-0.4, -0.2) is 82.1 Å². The molecule has 9 nitrogen and oxygen atoms in total. The number of likely N-dealkylation sites (tertiary alicyclic amines) is 1. The molecule has 2 aliphatic heterocycles. The zero-order valence-corrected chi connectivity index (χ0v) is 20.8. The second-order valence-corrected chi connectivity index (χ2v) is 10.6. The molecule has 10 heteroatoms. The van der Waals surface area contributed by atoms with E-state index in [9.17, 15) is 9.59 Å². The number of aromatic amines is 1. The summed E-state index contributed by atoms with van der Waals surface area (Å²) >= 11 is 6.41. The number of nitrogens with zero attached hydrogens (tertiary/aromatic N) is 3. The number of nitrogens with one attached hydrogen (secondary N) is 2. The summed E-state index contributed by atoms with van der Waals surface area (Å²) in [6.45, 7) is 6.06. The Kier molecular flexibility index (Phi) is 6.43. The molecule has 0 bridgehead atoms. The minimum atomic E-state index is -0.612. The summed E-state index contributed by atoms with van der Waals surface area (Å²) in [6.07, 6.45) is 5.07. The molecule has 0 radical (unpaired) electrons. The van der Waals surface area contributed by atoms with Crippen molar-refractivity contribution < 1.29 is 14.3 Å². The van der Waals surface area contributed by atoms with Gasteiger partial charge in [0, 0.05) is 47.7 Å². The van der Waals surface area contributed by atoms with Crippen molar-refractivity contribution in [1.82, 2.24) is 19.8 Å². The predicted octanol–water partition coefficient (Wildman–Crippen LogP) is 2.74. The molecule has 3 aromatic rings. The lowest BCUT2D eigenvalue weighted by atomic mass is 10.0. The van der Waals surface area contributed by atoms with Crippen molar-refractivity contribution in [3.63, 3.8) is 0 Å². The summed E-state index contributed by atoms with van der Waals surface area (Å²) in [4.78, 5) is 37.9. The predicted molar refractivity (Wildman–Crippen MR) is 136 cm³/mol. The first kappa shape index (κ1) is 24.0. The Morgan fingerprint density at radius 2 is 2.06 bits per heavy atom. The summed E-state index contributed by atoms with van der Waals surface area (Å²) in [7, 11) is 0. The topological polar surface area (TPSA) is 117 Å². The molecule has 0 saturated carbocycles. The number of rotatable bonds is 4. The lowest BCUT2D eigenvalue weighted by Gasteiger charge is -2.43. The van der Waals surface area contributed by atoms with Gasteiger partial charge < -0.3 is 25.7 Å². The van der Waals surface area contributed by atoms with Crippen molar-refractivity contribution in [2.75, 3.05) is 38.1 Å². The summed E-state index contributed by atoms with van der Waals surface area (Å²) in [5, 5.41) is 5.43. The molecule has 1 atom stereocenters. The number of nitrogens with two attached hydrogens (primary N) is 1. The van der Waals surface area contributed by atoms with Crippen LogP contribution in [0.3, 0.4) is 0 Å². The number of benzene rings is 1. The number of ether oxygens (including phenoxy) is 1. The smallest absolute Gasteiger partial charge is 0.244 e. The number of anilines is 1. The van der Waals surface area contributed by atoms with E-state index in [1.54, 1.807) is 18.5 Å². The molecule has 5 rings (SSSR count). The fourth-order valence-electron chi connectivity index (χ4n) is 5.02. The number of H-pyrrole nitrogens is 1. The number of halogens is 1. The van der Waals surface area contributed by atoms with Gasteiger partial charge in [0.2, 0.25) is 11.8 Å². The van der Waals surface area contributed by atoms with Gasteiger partial charge in [-0.2, -0.15) is 0 Å². The van der Waals surface area contributed by atoms with Crippen LogP contribution in [0.1, 0.15) is 26.7 Å². The largest absolute Gasteiger partial charge is 0.372 e. The van der Waals surface area contributed by atoms with Gasteiger partial charge in [0.25, 0.3) is 0 Å². The molecule has 0 spiro atoms. The maximum Gasteiger partial charge on any atom is 0.244 e. The van der Waals surface area contributed by atoms with Gasteiger partial charge in [-0.3, -0.25) is 19.5 Å². The molecule has 0 unspecified atom stereocenters. The molecule has 2 aliphatic rings. The average molecular weight is 499 g/mol. The molecule has 1 aromatic carbocycles. The van der Waals surface area contributed by atoms with Crippen LogP contribution in [0, 0.1) is 0 Å². The van der Waals surface area contributed by atoms with E-state index in [4.69, 9.17) is 22.1 Å². The van der Waals surface area contributed by atoms with Crippen LogP contribution in [0.2, 0.25) is 5.02 Å². The minimum absolute atomic E-state index is 0.0145. The lowest BCUT2D eigenvalue weighted by molar-refractivity contribution is -0.150. The highest BCUT2D eigenvalue weighted by Crippen LogP contribution is 2.33. The van der Waals surface area contributed by atoms with E-state index >= 15 is 0 Å². The van der Waals surface area contributed by atoms with Gasteiger partial charge in [-0.25, -0.2) is 0 Å². The Morgan fingerprint density at radius 1 is 1.29 bits per heavy atom. The number of pyridine rings is 1. The fourth-order valence-corrected chi connectivity index (χ4v) is 5.24. The van der Waals surface area contributed by atoms with Crippen molar-refractivity contribution in [1.29, 1.82) is 0 Å². The van der Waals surface area contributed by atoms with Crippen LogP contribution < -0.4 is 11.1 Å². The molecule has 186 valence electrons. The SMILES string of the molecule is CC1(C)CN(CC(=O)N2CCC(N)CC2)[C@H](C(=O)Nc2cc(Cl)cc3c2[nH]c2cnccc23)CO1. The molecule has 35 heavy (non-hydrogen) atoms. The molecular formula is C25H31ClN6O3. The Hall–Kier alpha value is -2.72. The number of hydrogen-bond acceptors (Lipinski definition) is 6. The summed E-state index contributed by atoms with van der Waals surface area (Å²) in [5.74, 6) is -0.227. The summed E-state index contributed by atoms with van der Waals surface area (Å²) in [6, 6.07) is 5.04. The fraction of sp³-hybridized carbons (Fsp3) is 0.480. The molecule has 2 saturated heterocycles. The van der Waals surface area contributed by atoms with Crippen molar-refractivity contribution in [2.45, 2.75) is 44.4 Å². The van der Waals surface area contributed by atoms with Gasteiger partial charge in [-0.15, -0.1) is 0 Å². The van der Waals surface area contributed by atoms with Gasteiger partial charge in [0.05, 0.1) is 41.7 Å². The zero-order valence-electron chi connectivity index (χ0n) is 20.0. The normalized spacial score (nSPS) is 21.5. The first-order valence-corrected chi connectivity index (χ1v) is 12.4. The first-order chi connectivity index (χ1) is 16.7. The van der Waals surface area contributed by atoms with E-state index in [1.807, 2.05) is 35.8 Å². The first-order valence-electron chi connectivity index (χ1n) is 12.0. The van der Waals surface area contributed by atoms with Gasteiger partial charge >= 0.3 is 0 Å². The van der Waals surface area contributed by atoms with Crippen molar-refractivity contribution in [3.05, 3.63) is 35.6 Å². The molecule has 2 aromatic heterocycles. The van der Waals surface area contributed by atoms with Crippen LogP contribution in [0.5, 0.6) is 0 Å². The number of piperidine rings is 1. The van der Waals surface area contributed by atoms with Gasteiger partial charge in [-0.05, 0) is 44.9 Å². The van der Waals surface area contributed by atoms with E-state index in [-0.39, 0.29) is 31.0 Å². The molecule has 4 N–H and O–H groups in total. The van der Waals surface area contributed by atoms with Gasteiger partial charge in [0.1, 0.15) is 6.04 Å². The second-order valence-electron chi connectivity index (χ2n) is 10.1. The van der Waals surface area contributed by atoms with E-state index in [0.29, 0.717) is 30.3 Å². The van der Waals surface area contributed by atoms with Gasteiger partial charge in [0.15, 0.2) is 0 Å². The Bertz CT molecular complexity index is 1270. The van der Waals surface area contributed by atoms with Crippen molar-refractivity contribution in [2.24, 2.45) is 5.73 Å². The number of hydrogen-bond donors (Lipinski definition) is 3. The average Bonchev–Trinajstić information content (AvgIpc) is 3.18. The number of aromatic nitrogens is 2. The molecule has 2 amide bonds. The number of amides is 2. The molecule has 0 aliphatic carbocycles. The molecular weight excluding hydrogens is 468 g/mol. The highest BCUT2D eigenvalue weighted by atomic mass is 35.5. The molecule has 2 fully saturated rings. The Labute approximate surface area is 208 Å². The van der Waals surface area contributed by atoms with Crippen molar-refractivity contribution in [3.8, 4) is 0 Å². The number of morpholine rings is 1. The lowest BCUT2D eigenvalue weighted by Crippen LogP contribution is -2.60. The second kappa shape index (κ2) is 9.39. The maximum atomic E-state index is 13.5. The van der Waals surface area contributed by atoms with Crippen LogP contribution in [0.15, 0.2) is 30.6 Å². The third-order valence-corrected chi connectivity index (χ3v) is 7.14. The third-order valence-electron chi connectivity index (χ3n) is 6.92. The van der Waals surface area contributed by atoms with Gasteiger partial charge in [-0.1, -0.05) is 11.6 Å². The van der Waals surface area contributed by atoms with E-state index in [1.165, 1.54) is 0 Å². The number of carbonyl (C=O) groups excluding carboxylic acids is 2. The monoisotopic (exact) mass is 498 g/mol.